The molecule has 0 unspecified atom stereocenters. The third kappa shape index (κ3) is 3.84. The van der Waals surface area contributed by atoms with Gasteiger partial charge in [-0.25, -0.2) is 10.7 Å². The minimum Gasteiger partial charge on any atom is -0.345 e. The van der Waals surface area contributed by atoms with Crippen LogP contribution in [0.25, 0.3) is 0 Å². The van der Waals surface area contributed by atoms with Gasteiger partial charge < -0.3 is 10.2 Å². The molecule has 0 aliphatic carbocycles. The Kier molecular flexibility index (Phi) is 2.03. The van der Waals surface area contributed by atoms with E-state index in [1.165, 1.54) is 0 Å². The van der Waals surface area contributed by atoms with Gasteiger partial charge in [0.25, 0.3) is 6.48 Å². The molecule has 32 valence electrons. The fourth-order valence-electron chi connectivity index (χ4n) is 0. The van der Waals surface area contributed by atoms with Gasteiger partial charge in [-0.3, -0.25) is 0 Å². The van der Waals surface area contributed by atoms with Crippen LogP contribution in [0.4, 0.5) is 0 Å². The van der Waals surface area contributed by atoms with Crippen molar-refractivity contribution in [2.24, 2.45) is 5.90 Å². The van der Waals surface area contributed by atoms with Crippen LogP contribution in [0.2, 0.25) is 0 Å². The third-order valence-electron chi connectivity index (χ3n) is 0.122. The summed E-state index contributed by atoms with van der Waals surface area (Å²) >= 11 is 0. The van der Waals surface area contributed by atoms with Gasteiger partial charge >= 0.3 is 0 Å². The van der Waals surface area contributed by atoms with Gasteiger partial charge in [0.2, 0.25) is 0 Å². The first kappa shape index (κ1) is 4.84. The van der Waals surface area contributed by atoms with Gasteiger partial charge in [0.05, 0.1) is 0 Å². The summed E-state index contributed by atoms with van der Waals surface area (Å²) in [5.74, 6) is 4.17. The second-order valence-corrected chi connectivity index (χ2v) is 0.462. The summed E-state index contributed by atoms with van der Waals surface area (Å²) in [5, 5.41) is 15.1. The van der Waals surface area contributed by atoms with E-state index < -0.39 is 6.48 Å². The predicted molar refractivity (Wildman–Crippen MR) is 13.5 cm³/mol. The van der Waals surface area contributed by atoms with Gasteiger partial charge in [-0.05, 0) is 0 Å². The van der Waals surface area contributed by atoms with Gasteiger partial charge in [-0.2, -0.15) is 0 Å². The number of hydrogen-bond acceptors (Lipinski definition) is 4. The Labute approximate surface area is 28.7 Å². The summed E-state index contributed by atoms with van der Waals surface area (Å²) in [6.07, 6.45) is 0. The van der Waals surface area contributed by atoms with Crippen molar-refractivity contribution in [3.05, 3.63) is 0 Å². The van der Waals surface area contributed by atoms with Crippen LogP contribution in [-0.2, 0) is 4.84 Å². The van der Waals surface area contributed by atoms with E-state index >= 15 is 0 Å². The Bertz CT molecular complexity index is 20.9. The van der Waals surface area contributed by atoms with Crippen molar-refractivity contribution >= 4 is 0 Å². The van der Waals surface area contributed by atoms with Gasteiger partial charge in [0, 0.05) is 0 Å². The standard InChI is InChI=1S/CH5NO3/c2-5-1(3)4/h1,3-4H,2H2. The highest BCUT2D eigenvalue weighted by molar-refractivity contribution is 3.86. The maximum atomic E-state index is 7.57. The Morgan fingerprint density at radius 3 is 1.80 bits per heavy atom. The molecular weight excluding hydrogens is 74.0 g/mol. The van der Waals surface area contributed by atoms with E-state index in [4.69, 9.17) is 10.2 Å². The summed E-state index contributed by atoms with van der Waals surface area (Å²) in [7, 11) is 0. The van der Waals surface area contributed by atoms with Crippen LogP contribution in [0.1, 0.15) is 0 Å². The number of aliphatic hydroxyl groups excluding tert-OH is 1. The molecule has 0 saturated heterocycles. The molecule has 0 spiro atoms. The van der Waals surface area contributed by atoms with Crippen LogP contribution in [0.3, 0.4) is 0 Å². The summed E-state index contributed by atoms with van der Waals surface area (Å²) in [6, 6.07) is 0. The SMILES string of the molecule is NOC(O)O. The molecule has 4 N–H and O–H groups in total. The van der Waals surface area contributed by atoms with Gasteiger partial charge in [-0.15, -0.1) is 0 Å². The van der Waals surface area contributed by atoms with Gasteiger partial charge in [0.1, 0.15) is 0 Å². The van der Waals surface area contributed by atoms with Crippen LogP contribution in [0.5, 0.6) is 0 Å². The molecule has 0 atom stereocenters. The van der Waals surface area contributed by atoms with E-state index in [1.807, 2.05) is 0 Å². The van der Waals surface area contributed by atoms with Crippen molar-refractivity contribution in [1.29, 1.82) is 0 Å². The lowest BCUT2D eigenvalue weighted by atomic mass is 11.3. The zero-order chi connectivity index (χ0) is 4.28. The average Bonchev–Trinajstić information content (AvgIpc) is 1.38. The normalized spacial score (nSPS) is 9.60. The molecule has 0 heterocycles. The molecule has 0 aliphatic heterocycles. The first-order valence-electron chi connectivity index (χ1n) is 0.988. The first-order chi connectivity index (χ1) is 2.27. The second kappa shape index (κ2) is 2.10. The van der Waals surface area contributed by atoms with E-state index in [0.29, 0.717) is 0 Å². The number of aliphatic hydroxyl groups is 2. The predicted octanol–water partition coefficient (Wildman–Crippen LogP) is -1.86. The fourth-order valence-corrected chi connectivity index (χ4v) is 0. The molecule has 5 heavy (non-hydrogen) atoms. The van der Waals surface area contributed by atoms with Crippen molar-refractivity contribution in [3.63, 3.8) is 0 Å². The minimum atomic E-state index is -1.84. The largest absolute Gasteiger partial charge is 0.345 e. The second-order valence-electron chi connectivity index (χ2n) is 0.462. The van der Waals surface area contributed by atoms with Crippen LogP contribution in [0.15, 0.2) is 0 Å². The molecule has 0 amide bonds. The molecule has 0 aromatic rings. The molecule has 0 fully saturated rings. The Morgan fingerprint density at radius 2 is 1.80 bits per heavy atom. The van der Waals surface area contributed by atoms with Crippen molar-refractivity contribution in [3.8, 4) is 0 Å². The lowest BCUT2D eigenvalue weighted by Gasteiger charge is -1.91. The topological polar surface area (TPSA) is 75.7 Å². The maximum Gasteiger partial charge on any atom is 0.282 e. The molecular formula is CH5NO3. The van der Waals surface area contributed by atoms with Gasteiger partial charge in [-0.1, -0.05) is 0 Å². The highest BCUT2D eigenvalue weighted by Crippen LogP contribution is 1.62. The van der Waals surface area contributed by atoms with E-state index in [9.17, 15) is 0 Å². The van der Waals surface area contributed by atoms with Crippen molar-refractivity contribution < 1.29 is 15.1 Å². The van der Waals surface area contributed by atoms with Crippen LogP contribution >= 0.6 is 0 Å². The van der Waals surface area contributed by atoms with E-state index in [1.54, 1.807) is 0 Å². The summed E-state index contributed by atoms with van der Waals surface area (Å²) < 4.78 is 0. The highest BCUT2D eigenvalue weighted by Gasteiger charge is 1.83. The van der Waals surface area contributed by atoms with E-state index in [0.717, 1.165) is 0 Å². The molecule has 4 nitrogen and oxygen atoms in total. The van der Waals surface area contributed by atoms with E-state index in [-0.39, 0.29) is 0 Å². The Hall–Kier alpha value is -0.160. The number of nitrogens with two attached hydrogens (primary N) is 1. The van der Waals surface area contributed by atoms with Crippen LogP contribution in [-0.4, -0.2) is 16.7 Å². The van der Waals surface area contributed by atoms with Crippen molar-refractivity contribution in [1.82, 2.24) is 0 Å². The lowest BCUT2D eigenvalue weighted by Crippen LogP contribution is -2.14. The third-order valence-corrected chi connectivity index (χ3v) is 0.122. The quantitative estimate of drug-likeness (QED) is 0.254. The summed E-state index contributed by atoms with van der Waals surface area (Å²) in [4.78, 5) is 3.36. The molecule has 0 aromatic heterocycles. The zero-order valence-corrected chi connectivity index (χ0v) is 2.46. The van der Waals surface area contributed by atoms with Crippen LogP contribution in [0, 0.1) is 0 Å². The number of hydrogen-bond donors (Lipinski definition) is 3. The Morgan fingerprint density at radius 1 is 1.60 bits per heavy atom. The maximum absolute atomic E-state index is 7.57. The minimum absolute atomic E-state index is 1.84. The number of rotatable bonds is 1. The molecule has 0 radical (unpaired) electrons. The average molecular weight is 79.1 g/mol. The molecule has 0 aromatic carbocycles. The van der Waals surface area contributed by atoms with Crippen molar-refractivity contribution in [2.45, 2.75) is 6.48 Å². The first-order valence-corrected chi connectivity index (χ1v) is 0.988. The molecule has 0 rings (SSSR count). The highest BCUT2D eigenvalue weighted by atomic mass is 16.8. The smallest absolute Gasteiger partial charge is 0.282 e. The molecule has 0 saturated carbocycles. The molecule has 0 bridgehead atoms. The Balaban J connectivity index is 2.54. The monoisotopic (exact) mass is 79.0 g/mol. The molecule has 0 aliphatic rings. The fraction of sp³-hybridized carbons (Fsp3) is 1.00. The van der Waals surface area contributed by atoms with E-state index in [2.05, 4.69) is 10.7 Å². The summed E-state index contributed by atoms with van der Waals surface area (Å²) in [5.41, 5.74) is 0. The van der Waals surface area contributed by atoms with Crippen molar-refractivity contribution in [2.75, 3.05) is 0 Å². The summed E-state index contributed by atoms with van der Waals surface area (Å²) in [6.45, 7) is -1.84. The zero-order valence-electron chi connectivity index (χ0n) is 2.46. The van der Waals surface area contributed by atoms with Gasteiger partial charge in [0.15, 0.2) is 0 Å². The van der Waals surface area contributed by atoms with Crippen LogP contribution < -0.4 is 5.90 Å². The lowest BCUT2D eigenvalue weighted by molar-refractivity contribution is -0.236. The molecule has 4 heteroatoms.